The molecule has 5 nitrogen and oxygen atoms in total. The summed E-state index contributed by atoms with van der Waals surface area (Å²) in [5.74, 6) is 1.02. The number of thiophene rings is 1. The van der Waals surface area contributed by atoms with Crippen LogP contribution in [-0.4, -0.2) is 33.9 Å². The zero-order chi connectivity index (χ0) is 15.8. The second kappa shape index (κ2) is 6.02. The first-order valence-electron chi connectivity index (χ1n) is 8.13. The van der Waals surface area contributed by atoms with Gasteiger partial charge in [0.05, 0.1) is 17.3 Å². The summed E-state index contributed by atoms with van der Waals surface area (Å²) in [6.45, 7) is 4.42. The van der Waals surface area contributed by atoms with Crippen molar-refractivity contribution in [3.8, 4) is 0 Å². The first-order valence-corrected chi connectivity index (χ1v) is 9.01. The van der Waals surface area contributed by atoms with Crippen LogP contribution in [0.4, 0.5) is 0 Å². The number of rotatable bonds is 2. The molecule has 2 aliphatic heterocycles. The highest BCUT2D eigenvalue weighted by molar-refractivity contribution is 7.10. The summed E-state index contributed by atoms with van der Waals surface area (Å²) in [7, 11) is 0. The van der Waals surface area contributed by atoms with Crippen LogP contribution in [-0.2, 0) is 13.0 Å². The smallest absolute Gasteiger partial charge is 0.255 e. The lowest BCUT2D eigenvalue weighted by Gasteiger charge is -2.28. The Morgan fingerprint density at radius 1 is 1.48 bits per heavy atom. The van der Waals surface area contributed by atoms with Crippen molar-refractivity contribution in [3.05, 3.63) is 45.2 Å². The van der Waals surface area contributed by atoms with E-state index in [1.165, 1.54) is 11.3 Å². The maximum atomic E-state index is 12.6. The number of hydrogen-bond acceptors (Lipinski definition) is 5. The van der Waals surface area contributed by atoms with Crippen LogP contribution in [0.25, 0.3) is 0 Å². The zero-order valence-corrected chi connectivity index (χ0v) is 14.0. The fourth-order valence-corrected chi connectivity index (χ4v) is 3.99. The van der Waals surface area contributed by atoms with Gasteiger partial charge in [-0.05, 0) is 32.4 Å². The van der Waals surface area contributed by atoms with E-state index in [2.05, 4.69) is 10.3 Å². The van der Waals surface area contributed by atoms with Gasteiger partial charge < -0.3 is 10.2 Å². The van der Waals surface area contributed by atoms with Crippen molar-refractivity contribution in [1.82, 2.24) is 20.2 Å². The predicted molar refractivity (Wildman–Crippen MR) is 89.5 cm³/mol. The number of carbonyl (C=O) groups is 1. The van der Waals surface area contributed by atoms with E-state index in [1.807, 2.05) is 29.5 Å². The highest BCUT2D eigenvalue weighted by Gasteiger charge is 2.25. The fourth-order valence-electron chi connectivity index (χ4n) is 3.32. The normalized spacial score (nSPS) is 20.6. The molecule has 0 aliphatic carbocycles. The van der Waals surface area contributed by atoms with Crippen LogP contribution < -0.4 is 5.32 Å². The van der Waals surface area contributed by atoms with Gasteiger partial charge in [0.2, 0.25) is 0 Å². The van der Waals surface area contributed by atoms with E-state index in [0.29, 0.717) is 12.6 Å². The largest absolute Gasteiger partial charge is 0.334 e. The van der Waals surface area contributed by atoms with Crippen molar-refractivity contribution in [1.29, 1.82) is 0 Å². The molecule has 2 aromatic rings. The molecule has 0 spiro atoms. The number of amides is 1. The molecule has 23 heavy (non-hydrogen) atoms. The third-order valence-corrected chi connectivity index (χ3v) is 5.45. The summed E-state index contributed by atoms with van der Waals surface area (Å²) >= 11 is 1.62. The molecule has 0 saturated carbocycles. The molecular formula is C17H20N4OS. The van der Waals surface area contributed by atoms with E-state index in [0.717, 1.165) is 48.6 Å². The third-order valence-electron chi connectivity index (χ3n) is 4.59. The van der Waals surface area contributed by atoms with Crippen LogP contribution in [0.5, 0.6) is 0 Å². The maximum absolute atomic E-state index is 12.6. The number of nitrogens with one attached hydrogen (secondary N) is 1. The van der Waals surface area contributed by atoms with Crippen molar-refractivity contribution >= 4 is 17.2 Å². The Bertz CT molecular complexity index is 736. The summed E-state index contributed by atoms with van der Waals surface area (Å²) < 4.78 is 0. The van der Waals surface area contributed by atoms with Crippen molar-refractivity contribution in [2.24, 2.45) is 0 Å². The SMILES string of the molecule is Cc1cc(C(=O)N2CCc3nc(C4CCCN4)ncc3C2)cs1. The minimum absolute atomic E-state index is 0.113. The summed E-state index contributed by atoms with van der Waals surface area (Å²) in [6, 6.07) is 2.27. The third kappa shape index (κ3) is 2.88. The lowest BCUT2D eigenvalue weighted by Crippen LogP contribution is -2.36. The number of aryl methyl sites for hydroxylation is 1. The first-order chi connectivity index (χ1) is 11.2. The van der Waals surface area contributed by atoms with Gasteiger partial charge in [-0.15, -0.1) is 11.3 Å². The Balaban J connectivity index is 1.52. The Hall–Kier alpha value is -1.79. The number of aromatic nitrogens is 2. The van der Waals surface area contributed by atoms with E-state index < -0.39 is 0 Å². The molecule has 1 N–H and O–H groups in total. The molecule has 2 aliphatic rings. The molecule has 120 valence electrons. The van der Waals surface area contributed by atoms with Crippen LogP contribution in [0.15, 0.2) is 17.6 Å². The minimum Gasteiger partial charge on any atom is -0.334 e. The number of nitrogens with zero attached hydrogens (tertiary/aromatic N) is 3. The van der Waals surface area contributed by atoms with Gasteiger partial charge in [0.15, 0.2) is 0 Å². The predicted octanol–water partition coefficient (Wildman–Crippen LogP) is 2.47. The molecule has 4 rings (SSSR count). The van der Waals surface area contributed by atoms with E-state index in [1.54, 1.807) is 11.3 Å². The molecule has 1 atom stereocenters. The van der Waals surface area contributed by atoms with Gasteiger partial charge in [-0.25, -0.2) is 9.97 Å². The van der Waals surface area contributed by atoms with E-state index in [9.17, 15) is 4.79 Å². The molecule has 2 aromatic heterocycles. The number of fused-ring (bicyclic) bond motifs is 1. The van der Waals surface area contributed by atoms with Gasteiger partial charge in [0.25, 0.3) is 5.91 Å². The quantitative estimate of drug-likeness (QED) is 0.920. The molecule has 1 unspecified atom stereocenters. The van der Waals surface area contributed by atoms with Gasteiger partial charge in [-0.1, -0.05) is 0 Å². The fraction of sp³-hybridized carbons (Fsp3) is 0.471. The molecule has 6 heteroatoms. The van der Waals surface area contributed by atoms with Crippen molar-refractivity contribution in [2.45, 2.75) is 38.8 Å². The van der Waals surface area contributed by atoms with Crippen LogP contribution in [0.1, 0.15) is 51.2 Å². The van der Waals surface area contributed by atoms with Crippen LogP contribution in [0.2, 0.25) is 0 Å². The monoisotopic (exact) mass is 328 g/mol. The number of hydrogen-bond donors (Lipinski definition) is 1. The van der Waals surface area contributed by atoms with Crippen molar-refractivity contribution in [2.75, 3.05) is 13.1 Å². The van der Waals surface area contributed by atoms with Crippen LogP contribution >= 0.6 is 11.3 Å². The zero-order valence-electron chi connectivity index (χ0n) is 13.2. The van der Waals surface area contributed by atoms with Crippen molar-refractivity contribution in [3.63, 3.8) is 0 Å². The van der Waals surface area contributed by atoms with E-state index in [4.69, 9.17) is 4.98 Å². The first kappa shape index (κ1) is 14.8. The van der Waals surface area contributed by atoms with Crippen LogP contribution in [0, 0.1) is 6.92 Å². The Labute approximate surface area is 139 Å². The van der Waals surface area contributed by atoms with Gasteiger partial charge in [0.1, 0.15) is 5.82 Å². The molecule has 1 fully saturated rings. The Kier molecular flexibility index (Phi) is 3.87. The minimum atomic E-state index is 0.113. The standard InChI is InChI=1S/C17H20N4OS/c1-11-7-12(10-23-11)17(22)21-6-4-14-13(9-21)8-19-16(20-14)15-3-2-5-18-15/h7-8,10,15,18H,2-6,9H2,1H3. The molecule has 4 heterocycles. The van der Waals surface area contributed by atoms with E-state index >= 15 is 0 Å². The molecule has 1 amide bonds. The van der Waals surface area contributed by atoms with Gasteiger partial charge in [-0.3, -0.25) is 4.79 Å². The maximum Gasteiger partial charge on any atom is 0.255 e. The second-order valence-corrected chi connectivity index (χ2v) is 7.39. The van der Waals surface area contributed by atoms with Crippen molar-refractivity contribution < 1.29 is 4.79 Å². The average Bonchev–Trinajstić information content (AvgIpc) is 3.25. The second-order valence-electron chi connectivity index (χ2n) is 6.27. The topological polar surface area (TPSA) is 58.1 Å². The average molecular weight is 328 g/mol. The Morgan fingerprint density at radius 2 is 2.39 bits per heavy atom. The van der Waals surface area contributed by atoms with Crippen LogP contribution in [0.3, 0.4) is 0 Å². The van der Waals surface area contributed by atoms with Gasteiger partial charge >= 0.3 is 0 Å². The molecule has 0 radical (unpaired) electrons. The lowest BCUT2D eigenvalue weighted by atomic mass is 10.1. The molecular weight excluding hydrogens is 308 g/mol. The molecule has 0 aromatic carbocycles. The molecule has 1 saturated heterocycles. The summed E-state index contributed by atoms with van der Waals surface area (Å²) in [5, 5.41) is 5.39. The van der Waals surface area contributed by atoms with Gasteiger partial charge in [-0.2, -0.15) is 0 Å². The van der Waals surface area contributed by atoms with Gasteiger partial charge in [0, 0.05) is 41.5 Å². The molecule has 0 bridgehead atoms. The Morgan fingerprint density at radius 3 is 3.13 bits per heavy atom. The highest BCUT2D eigenvalue weighted by atomic mass is 32.1. The summed E-state index contributed by atoms with van der Waals surface area (Å²) in [5.41, 5.74) is 2.98. The summed E-state index contributed by atoms with van der Waals surface area (Å²) in [4.78, 5) is 24.9. The highest BCUT2D eigenvalue weighted by Crippen LogP contribution is 2.24. The number of carbonyl (C=O) groups excluding carboxylic acids is 1. The summed E-state index contributed by atoms with van der Waals surface area (Å²) in [6.07, 6.45) is 5.02. The lowest BCUT2D eigenvalue weighted by molar-refractivity contribution is 0.0733. The van der Waals surface area contributed by atoms with E-state index in [-0.39, 0.29) is 5.91 Å².